The summed E-state index contributed by atoms with van der Waals surface area (Å²) in [6, 6.07) is 12.2. The average molecular weight is 538 g/mol. The minimum absolute atomic E-state index is 0.0180. The predicted molar refractivity (Wildman–Crippen MR) is 153 cm³/mol. The summed E-state index contributed by atoms with van der Waals surface area (Å²) in [5.74, 6) is 0.266. The van der Waals surface area contributed by atoms with Gasteiger partial charge in [0.15, 0.2) is 0 Å². The lowest BCUT2D eigenvalue weighted by Gasteiger charge is -2.18. The molecule has 4 heterocycles. The Kier molecular flexibility index (Phi) is 6.02. The van der Waals surface area contributed by atoms with Crippen LogP contribution in [-0.4, -0.2) is 23.9 Å². The first-order chi connectivity index (χ1) is 19.2. The highest BCUT2D eigenvalue weighted by Crippen LogP contribution is 2.33. The van der Waals surface area contributed by atoms with Gasteiger partial charge in [-0.1, -0.05) is 12.1 Å². The van der Waals surface area contributed by atoms with Crippen molar-refractivity contribution >= 4 is 33.7 Å². The van der Waals surface area contributed by atoms with Crippen molar-refractivity contribution in [2.24, 2.45) is 0 Å². The number of rotatable bonds is 5. The maximum atomic E-state index is 15.5. The van der Waals surface area contributed by atoms with Gasteiger partial charge in [0.2, 0.25) is 5.43 Å². The van der Waals surface area contributed by atoms with Crippen molar-refractivity contribution in [2.75, 3.05) is 11.1 Å². The van der Waals surface area contributed by atoms with Crippen molar-refractivity contribution in [1.29, 1.82) is 0 Å². The first kappa shape index (κ1) is 25.2. The molecule has 0 aliphatic rings. The Bertz CT molecular complexity index is 1980. The molecule has 0 bridgehead atoms. The molecule has 0 radical (unpaired) electrons. The van der Waals surface area contributed by atoms with E-state index in [1.54, 1.807) is 66.4 Å². The number of benzene rings is 2. The standard InChI is InChI=1S/C30H25F2N7O/c1-16(2)39-15-22(18-4-6-19(31)7-5-18)28(40)25-24(39)10-11-35-30(25)37-20-8-9-21(23(32)14-20)26-27-29(33)34-12-13-38(27)17(3)36-26/h4-16H,1-3H3,(H2,33,34)(H,35,37). The van der Waals surface area contributed by atoms with E-state index in [-0.39, 0.29) is 34.5 Å². The minimum Gasteiger partial charge on any atom is -0.382 e. The van der Waals surface area contributed by atoms with Crippen LogP contribution < -0.4 is 16.5 Å². The zero-order valence-corrected chi connectivity index (χ0v) is 22.0. The lowest BCUT2D eigenvalue weighted by atomic mass is 10.0. The van der Waals surface area contributed by atoms with Crippen molar-refractivity contribution in [3.05, 3.63) is 101 Å². The van der Waals surface area contributed by atoms with Crippen LogP contribution in [0.2, 0.25) is 0 Å². The maximum absolute atomic E-state index is 15.5. The fourth-order valence-corrected chi connectivity index (χ4v) is 4.97. The molecule has 40 heavy (non-hydrogen) atoms. The van der Waals surface area contributed by atoms with Crippen molar-refractivity contribution in [3.63, 3.8) is 0 Å². The molecule has 10 heteroatoms. The summed E-state index contributed by atoms with van der Waals surface area (Å²) >= 11 is 0. The number of aryl methyl sites for hydroxylation is 1. The van der Waals surface area contributed by atoms with Crippen LogP contribution in [0.25, 0.3) is 38.8 Å². The SMILES string of the molecule is Cc1nc(-c2ccc(Nc3nccc4c3c(=O)c(-c3ccc(F)cc3)cn4C(C)C)cc2F)c2c(N)nccn12. The number of nitrogens with zero attached hydrogens (tertiary/aromatic N) is 5. The van der Waals surface area contributed by atoms with Gasteiger partial charge in [0.1, 0.15) is 40.3 Å². The summed E-state index contributed by atoms with van der Waals surface area (Å²) in [5, 5.41) is 3.47. The van der Waals surface area contributed by atoms with Gasteiger partial charge in [0.05, 0.1) is 10.9 Å². The van der Waals surface area contributed by atoms with Crippen LogP contribution in [0.4, 0.5) is 26.1 Å². The van der Waals surface area contributed by atoms with Crippen LogP contribution in [0.5, 0.6) is 0 Å². The van der Waals surface area contributed by atoms with E-state index >= 15 is 4.39 Å². The molecule has 0 amide bonds. The molecule has 8 nitrogen and oxygen atoms in total. The molecule has 0 aliphatic heterocycles. The van der Waals surface area contributed by atoms with Gasteiger partial charge in [0, 0.05) is 47.6 Å². The highest BCUT2D eigenvalue weighted by molar-refractivity contribution is 5.94. The summed E-state index contributed by atoms with van der Waals surface area (Å²) in [5.41, 5.74) is 9.06. The summed E-state index contributed by atoms with van der Waals surface area (Å²) in [6.45, 7) is 5.81. The Morgan fingerprint density at radius 2 is 1.75 bits per heavy atom. The van der Waals surface area contributed by atoms with E-state index in [4.69, 9.17) is 5.73 Å². The molecule has 0 spiro atoms. The molecule has 0 unspecified atom stereocenters. The highest BCUT2D eigenvalue weighted by Gasteiger charge is 2.19. The van der Waals surface area contributed by atoms with Crippen LogP contribution in [0.3, 0.4) is 0 Å². The largest absolute Gasteiger partial charge is 0.382 e. The number of fused-ring (bicyclic) bond motifs is 2. The van der Waals surface area contributed by atoms with E-state index in [0.717, 1.165) is 0 Å². The van der Waals surface area contributed by atoms with E-state index in [9.17, 15) is 9.18 Å². The third-order valence-corrected chi connectivity index (χ3v) is 6.90. The molecular weight excluding hydrogens is 512 g/mol. The van der Waals surface area contributed by atoms with Crippen molar-refractivity contribution in [3.8, 4) is 22.4 Å². The third-order valence-electron chi connectivity index (χ3n) is 6.90. The Balaban J connectivity index is 1.47. The Morgan fingerprint density at radius 1 is 0.975 bits per heavy atom. The van der Waals surface area contributed by atoms with Gasteiger partial charge in [-0.05, 0) is 62.7 Å². The van der Waals surface area contributed by atoms with E-state index in [1.165, 1.54) is 18.2 Å². The number of nitrogens with one attached hydrogen (secondary N) is 1. The minimum atomic E-state index is -0.528. The molecule has 3 N–H and O–H groups in total. The van der Waals surface area contributed by atoms with E-state index < -0.39 is 5.82 Å². The van der Waals surface area contributed by atoms with Crippen molar-refractivity contribution < 1.29 is 8.78 Å². The van der Waals surface area contributed by atoms with Crippen molar-refractivity contribution in [2.45, 2.75) is 26.8 Å². The third kappa shape index (κ3) is 4.14. The molecule has 0 aliphatic carbocycles. The number of hydrogen-bond donors (Lipinski definition) is 2. The van der Waals surface area contributed by atoms with Gasteiger partial charge in [0.25, 0.3) is 0 Å². The lowest BCUT2D eigenvalue weighted by molar-refractivity contribution is 0.618. The predicted octanol–water partition coefficient (Wildman–Crippen LogP) is 6.27. The smallest absolute Gasteiger partial charge is 0.200 e. The molecule has 6 aromatic rings. The van der Waals surface area contributed by atoms with Gasteiger partial charge >= 0.3 is 0 Å². The molecular formula is C30H25F2N7O. The fourth-order valence-electron chi connectivity index (χ4n) is 4.97. The number of aromatic nitrogens is 5. The van der Waals surface area contributed by atoms with Crippen molar-refractivity contribution in [1.82, 2.24) is 23.9 Å². The van der Waals surface area contributed by atoms with Crippen LogP contribution in [0, 0.1) is 18.6 Å². The maximum Gasteiger partial charge on any atom is 0.200 e. The van der Waals surface area contributed by atoms with E-state index in [0.29, 0.717) is 44.8 Å². The second kappa shape index (κ2) is 9.57. The molecule has 0 saturated carbocycles. The van der Waals surface area contributed by atoms with E-state index in [2.05, 4.69) is 20.3 Å². The van der Waals surface area contributed by atoms with Crippen LogP contribution in [0.15, 0.2) is 78.1 Å². The summed E-state index contributed by atoms with van der Waals surface area (Å²) < 4.78 is 32.8. The van der Waals surface area contributed by atoms with Crippen LogP contribution >= 0.6 is 0 Å². The normalized spacial score (nSPS) is 11.6. The second-order valence-electron chi connectivity index (χ2n) is 9.79. The lowest BCUT2D eigenvalue weighted by Crippen LogP contribution is -2.15. The topological polar surface area (TPSA) is 103 Å². The van der Waals surface area contributed by atoms with Crippen LogP contribution in [-0.2, 0) is 0 Å². The number of anilines is 3. The molecule has 2 aromatic carbocycles. The zero-order chi connectivity index (χ0) is 28.1. The van der Waals surface area contributed by atoms with Gasteiger partial charge in [-0.3, -0.25) is 9.20 Å². The molecule has 200 valence electrons. The Morgan fingerprint density at radius 3 is 2.48 bits per heavy atom. The number of nitrogens with two attached hydrogens (primary N) is 1. The Hall–Kier alpha value is -5.12. The quantitative estimate of drug-likeness (QED) is 0.269. The van der Waals surface area contributed by atoms with Gasteiger partial charge in [-0.2, -0.15) is 0 Å². The number of imidazole rings is 1. The molecule has 0 saturated heterocycles. The monoisotopic (exact) mass is 537 g/mol. The molecule has 0 atom stereocenters. The Labute approximate surface area is 227 Å². The summed E-state index contributed by atoms with van der Waals surface area (Å²) in [6.07, 6.45) is 6.66. The molecule has 0 fully saturated rings. The summed E-state index contributed by atoms with van der Waals surface area (Å²) in [4.78, 5) is 26.9. The van der Waals surface area contributed by atoms with Gasteiger partial charge < -0.3 is 15.6 Å². The first-order valence-electron chi connectivity index (χ1n) is 12.7. The second-order valence-corrected chi connectivity index (χ2v) is 9.79. The fraction of sp³-hybridized carbons (Fsp3) is 0.133. The molecule has 4 aromatic heterocycles. The average Bonchev–Trinajstić information content (AvgIpc) is 3.26. The number of hydrogen-bond acceptors (Lipinski definition) is 6. The summed E-state index contributed by atoms with van der Waals surface area (Å²) in [7, 11) is 0. The number of nitrogen functional groups attached to an aromatic ring is 1. The highest BCUT2D eigenvalue weighted by atomic mass is 19.1. The zero-order valence-electron chi connectivity index (χ0n) is 22.0. The van der Waals surface area contributed by atoms with E-state index in [1.807, 2.05) is 18.4 Å². The van der Waals surface area contributed by atoms with Gasteiger partial charge in [-0.15, -0.1) is 0 Å². The first-order valence-corrected chi connectivity index (χ1v) is 12.7. The van der Waals surface area contributed by atoms with Gasteiger partial charge in [-0.25, -0.2) is 23.7 Å². The van der Waals surface area contributed by atoms with Crippen LogP contribution in [0.1, 0.15) is 25.7 Å². The number of pyridine rings is 2. The molecule has 6 rings (SSSR count). The number of halogens is 2.